The molecular formula is C19H32N4O2. The van der Waals surface area contributed by atoms with Crippen molar-refractivity contribution in [1.29, 1.82) is 0 Å². The van der Waals surface area contributed by atoms with Crippen LogP contribution in [0, 0.1) is 13.8 Å². The molecule has 3 rings (SSSR count). The molecule has 0 aliphatic carbocycles. The zero-order chi connectivity index (χ0) is 17.8. The van der Waals surface area contributed by atoms with Gasteiger partial charge in [-0.1, -0.05) is 0 Å². The molecule has 1 aromatic heterocycles. The molecule has 2 aliphatic rings. The number of nitrogens with zero attached hydrogens (tertiary/aromatic N) is 4. The molecule has 2 fully saturated rings. The van der Waals surface area contributed by atoms with E-state index in [2.05, 4.69) is 33.6 Å². The van der Waals surface area contributed by atoms with Crippen LogP contribution in [0.25, 0.3) is 0 Å². The third-order valence-corrected chi connectivity index (χ3v) is 5.05. The minimum Gasteiger partial charge on any atom is -0.377 e. The van der Waals surface area contributed by atoms with Crippen molar-refractivity contribution >= 4 is 5.82 Å². The van der Waals surface area contributed by atoms with E-state index >= 15 is 0 Å². The van der Waals surface area contributed by atoms with Gasteiger partial charge in [-0.05, 0) is 40.5 Å². The largest absolute Gasteiger partial charge is 0.377 e. The van der Waals surface area contributed by atoms with Gasteiger partial charge < -0.3 is 14.4 Å². The normalized spacial score (nSPS) is 26.2. The van der Waals surface area contributed by atoms with E-state index in [1.807, 2.05) is 20.0 Å². The Balaban J connectivity index is 1.40. The fraction of sp³-hybridized carbons (Fsp3) is 0.789. The maximum atomic E-state index is 6.15. The second-order valence-electron chi connectivity index (χ2n) is 7.49. The predicted molar refractivity (Wildman–Crippen MR) is 99.1 cm³/mol. The molecule has 0 spiro atoms. The summed E-state index contributed by atoms with van der Waals surface area (Å²) in [5.74, 6) is 1.04. The lowest BCUT2D eigenvalue weighted by atomic mass is 10.1. The fourth-order valence-electron chi connectivity index (χ4n) is 3.87. The van der Waals surface area contributed by atoms with Crippen LogP contribution in [0.3, 0.4) is 0 Å². The van der Waals surface area contributed by atoms with Crippen molar-refractivity contribution in [3.63, 3.8) is 0 Å². The summed E-state index contributed by atoms with van der Waals surface area (Å²) in [7, 11) is 0. The Morgan fingerprint density at radius 2 is 1.84 bits per heavy atom. The van der Waals surface area contributed by atoms with Gasteiger partial charge in [0.1, 0.15) is 5.82 Å². The van der Waals surface area contributed by atoms with E-state index in [4.69, 9.17) is 9.47 Å². The fourth-order valence-corrected chi connectivity index (χ4v) is 3.87. The van der Waals surface area contributed by atoms with Crippen molar-refractivity contribution in [2.24, 2.45) is 0 Å². The zero-order valence-electron chi connectivity index (χ0n) is 16.1. The highest BCUT2D eigenvalue weighted by Crippen LogP contribution is 2.22. The summed E-state index contributed by atoms with van der Waals surface area (Å²) in [5.41, 5.74) is 1.99. The van der Waals surface area contributed by atoms with Gasteiger partial charge in [0.2, 0.25) is 0 Å². The SMILES string of the molecule is Cc1cnc(C)c(N2CCC(OCCN3C[C@@H](C)O[C@@H](C)C3)CC2)n1. The molecule has 2 saturated heterocycles. The standard InChI is InChI=1S/C19H32N4O2/c1-14-11-20-17(4)19(21-14)23-7-5-18(6-8-23)24-10-9-22-12-15(2)25-16(3)13-22/h11,15-16,18H,5-10,12-13H2,1-4H3/t15-,16+. The number of hydrogen-bond donors (Lipinski definition) is 0. The molecule has 2 aliphatic heterocycles. The number of morpholine rings is 1. The molecule has 1 aromatic rings. The molecule has 0 amide bonds. The second-order valence-corrected chi connectivity index (χ2v) is 7.49. The molecule has 6 heteroatoms. The Kier molecular flexibility index (Phi) is 6.25. The zero-order valence-corrected chi connectivity index (χ0v) is 16.1. The van der Waals surface area contributed by atoms with Crippen LogP contribution in [0.4, 0.5) is 5.82 Å². The van der Waals surface area contributed by atoms with Crippen LogP contribution in [0.2, 0.25) is 0 Å². The average Bonchev–Trinajstić information content (AvgIpc) is 2.57. The summed E-state index contributed by atoms with van der Waals surface area (Å²) in [4.78, 5) is 13.9. The highest BCUT2D eigenvalue weighted by molar-refractivity contribution is 5.43. The van der Waals surface area contributed by atoms with Gasteiger partial charge in [0.25, 0.3) is 0 Å². The number of hydrogen-bond acceptors (Lipinski definition) is 6. The van der Waals surface area contributed by atoms with E-state index in [1.165, 1.54) is 0 Å². The number of rotatable bonds is 5. The first-order chi connectivity index (χ1) is 12.0. The summed E-state index contributed by atoms with van der Waals surface area (Å²) < 4.78 is 11.9. The van der Waals surface area contributed by atoms with Crippen LogP contribution in [0.15, 0.2) is 6.20 Å². The van der Waals surface area contributed by atoms with Crippen LogP contribution < -0.4 is 4.90 Å². The van der Waals surface area contributed by atoms with Crippen LogP contribution in [0.5, 0.6) is 0 Å². The van der Waals surface area contributed by atoms with Crippen LogP contribution in [0.1, 0.15) is 38.1 Å². The van der Waals surface area contributed by atoms with Crippen molar-refractivity contribution < 1.29 is 9.47 Å². The second kappa shape index (κ2) is 8.43. The van der Waals surface area contributed by atoms with Crippen molar-refractivity contribution in [1.82, 2.24) is 14.9 Å². The molecule has 140 valence electrons. The highest BCUT2D eigenvalue weighted by atomic mass is 16.5. The first-order valence-electron chi connectivity index (χ1n) is 9.56. The van der Waals surface area contributed by atoms with Gasteiger partial charge in [0, 0.05) is 38.9 Å². The molecule has 25 heavy (non-hydrogen) atoms. The number of aromatic nitrogens is 2. The maximum Gasteiger partial charge on any atom is 0.150 e. The quantitative estimate of drug-likeness (QED) is 0.813. The topological polar surface area (TPSA) is 50.7 Å². The van der Waals surface area contributed by atoms with Crippen LogP contribution >= 0.6 is 0 Å². The first kappa shape index (κ1) is 18.5. The predicted octanol–water partition coefficient (Wildman–Crippen LogP) is 2.19. The van der Waals surface area contributed by atoms with Crippen LogP contribution in [-0.2, 0) is 9.47 Å². The van der Waals surface area contributed by atoms with E-state index in [9.17, 15) is 0 Å². The monoisotopic (exact) mass is 348 g/mol. The summed E-state index contributed by atoms with van der Waals surface area (Å²) in [6.07, 6.45) is 4.97. The molecule has 0 unspecified atom stereocenters. The minimum absolute atomic E-state index is 0.325. The minimum atomic E-state index is 0.325. The van der Waals surface area contributed by atoms with E-state index in [-0.39, 0.29) is 0 Å². The van der Waals surface area contributed by atoms with Crippen molar-refractivity contribution in [2.75, 3.05) is 44.2 Å². The first-order valence-corrected chi connectivity index (χ1v) is 9.56. The van der Waals surface area contributed by atoms with Crippen LogP contribution in [-0.4, -0.2) is 72.5 Å². The van der Waals surface area contributed by atoms with E-state index in [0.29, 0.717) is 18.3 Å². The number of piperidine rings is 1. The molecule has 2 atom stereocenters. The van der Waals surface area contributed by atoms with Gasteiger partial charge in [-0.15, -0.1) is 0 Å². The molecule has 0 N–H and O–H groups in total. The van der Waals surface area contributed by atoms with Gasteiger partial charge in [-0.3, -0.25) is 9.88 Å². The third kappa shape index (κ3) is 5.12. The Hall–Kier alpha value is -1.24. The van der Waals surface area contributed by atoms with Gasteiger partial charge >= 0.3 is 0 Å². The van der Waals surface area contributed by atoms with Crippen molar-refractivity contribution in [3.8, 4) is 0 Å². The molecule has 0 aromatic carbocycles. The maximum absolute atomic E-state index is 6.15. The molecule has 0 bridgehead atoms. The molecular weight excluding hydrogens is 316 g/mol. The molecule has 0 saturated carbocycles. The Morgan fingerprint density at radius 3 is 2.52 bits per heavy atom. The van der Waals surface area contributed by atoms with Gasteiger partial charge in [-0.25, -0.2) is 4.98 Å². The van der Waals surface area contributed by atoms with E-state index in [0.717, 1.165) is 69.4 Å². The highest BCUT2D eigenvalue weighted by Gasteiger charge is 2.24. The number of aryl methyl sites for hydroxylation is 2. The Morgan fingerprint density at radius 1 is 1.16 bits per heavy atom. The number of ether oxygens (including phenoxy) is 2. The Bertz CT molecular complexity index is 550. The lowest BCUT2D eigenvalue weighted by Crippen LogP contribution is -2.47. The lowest BCUT2D eigenvalue weighted by Gasteiger charge is -2.36. The van der Waals surface area contributed by atoms with Gasteiger partial charge in [0.15, 0.2) is 0 Å². The van der Waals surface area contributed by atoms with Crippen molar-refractivity contribution in [2.45, 2.75) is 58.8 Å². The summed E-state index contributed by atoms with van der Waals surface area (Å²) in [5, 5.41) is 0. The third-order valence-electron chi connectivity index (χ3n) is 5.05. The van der Waals surface area contributed by atoms with Gasteiger partial charge in [0.05, 0.1) is 36.3 Å². The average molecular weight is 348 g/mol. The summed E-state index contributed by atoms with van der Waals surface area (Å²) in [6, 6.07) is 0. The molecule has 3 heterocycles. The lowest BCUT2D eigenvalue weighted by molar-refractivity contribution is -0.0768. The molecule has 6 nitrogen and oxygen atoms in total. The van der Waals surface area contributed by atoms with E-state index < -0.39 is 0 Å². The smallest absolute Gasteiger partial charge is 0.150 e. The van der Waals surface area contributed by atoms with Gasteiger partial charge in [-0.2, -0.15) is 0 Å². The Labute approximate surface area is 151 Å². The summed E-state index contributed by atoms with van der Waals surface area (Å²) >= 11 is 0. The van der Waals surface area contributed by atoms with E-state index in [1.54, 1.807) is 0 Å². The summed E-state index contributed by atoms with van der Waals surface area (Å²) in [6.45, 7) is 14.2. The molecule has 0 radical (unpaired) electrons. The number of anilines is 1. The van der Waals surface area contributed by atoms with Crippen molar-refractivity contribution in [3.05, 3.63) is 17.6 Å².